The molecule has 0 aliphatic rings. The number of nitrogens with one attached hydrogen (secondary N) is 1. The van der Waals surface area contributed by atoms with Gasteiger partial charge in [-0.3, -0.25) is 4.79 Å². The monoisotopic (exact) mass is 363 g/mol. The second kappa shape index (κ2) is 5.05. The number of carbonyl (C=O) groups excluding carboxylic acids is 1. The van der Waals surface area contributed by atoms with Crippen molar-refractivity contribution in [3.05, 3.63) is 63.9 Å². The van der Waals surface area contributed by atoms with Gasteiger partial charge in [0.1, 0.15) is 5.58 Å². The lowest BCUT2D eigenvalue weighted by Gasteiger charge is -2.04. The van der Waals surface area contributed by atoms with Gasteiger partial charge in [-0.1, -0.05) is 30.3 Å². The van der Waals surface area contributed by atoms with Crippen LogP contribution in [-0.2, 0) is 0 Å². The summed E-state index contributed by atoms with van der Waals surface area (Å²) >= 11 is 2.18. The van der Waals surface area contributed by atoms with E-state index in [0.717, 1.165) is 20.2 Å². The van der Waals surface area contributed by atoms with Gasteiger partial charge in [-0.15, -0.1) is 0 Å². The molecule has 3 rings (SSSR count). The molecule has 0 radical (unpaired) electrons. The Balaban J connectivity index is 1.90. The van der Waals surface area contributed by atoms with E-state index < -0.39 is 0 Å². The van der Waals surface area contributed by atoms with Crippen LogP contribution in [0.1, 0.15) is 10.6 Å². The molecule has 0 bridgehead atoms. The summed E-state index contributed by atoms with van der Waals surface area (Å²) in [7, 11) is 0. The maximum Gasteiger partial charge on any atom is 0.291 e. The highest BCUT2D eigenvalue weighted by Crippen LogP contribution is 2.21. The van der Waals surface area contributed by atoms with Crippen LogP contribution in [0.4, 0.5) is 5.69 Å². The van der Waals surface area contributed by atoms with E-state index >= 15 is 0 Å². The average Bonchev–Trinajstić information content (AvgIpc) is 2.85. The molecule has 0 saturated carbocycles. The first kappa shape index (κ1) is 12.2. The molecule has 1 amide bonds. The smallest absolute Gasteiger partial charge is 0.291 e. The van der Waals surface area contributed by atoms with Gasteiger partial charge in [-0.05, 0) is 46.9 Å². The number of hydrogen-bond donors (Lipinski definition) is 1. The van der Waals surface area contributed by atoms with Crippen LogP contribution in [0, 0.1) is 3.57 Å². The lowest BCUT2D eigenvalue weighted by molar-refractivity contribution is 0.0998. The summed E-state index contributed by atoms with van der Waals surface area (Å²) in [5.41, 5.74) is 1.50. The van der Waals surface area contributed by atoms with Crippen LogP contribution in [0.5, 0.6) is 0 Å². The van der Waals surface area contributed by atoms with E-state index in [1.165, 1.54) is 0 Å². The third-order valence-electron chi connectivity index (χ3n) is 2.77. The molecule has 3 nitrogen and oxygen atoms in total. The van der Waals surface area contributed by atoms with Gasteiger partial charge >= 0.3 is 0 Å². The van der Waals surface area contributed by atoms with Gasteiger partial charge in [0.05, 0.1) is 5.69 Å². The van der Waals surface area contributed by atoms with Gasteiger partial charge in [-0.25, -0.2) is 0 Å². The Morgan fingerprint density at radius 1 is 1.05 bits per heavy atom. The molecule has 1 N–H and O–H groups in total. The van der Waals surface area contributed by atoms with Gasteiger partial charge in [0.15, 0.2) is 5.76 Å². The minimum absolute atomic E-state index is 0.236. The molecule has 0 atom stereocenters. The van der Waals surface area contributed by atoms with Crippen LogP contribution in [-0.4, -0.2) is 5.91 Å². The number of para-hydroxylation sites is 2. The van der Waals surface area contributed by atoms with Gasteiger partial charge in [-0.2, -0.15) is 0 Å². The molecule has 0 spiro atoms. The zero-order valence-electron chi connectivity index (χ0n) is 9.89. The van der Waals surface area contributed by atoms with E-state index in [4.69, 9.17) is 4.42 Å². The summed E-state index contributed by atoms with van der Waals surface area (Å²) in [5, 5.41) is 3.77. The van der Waals surface area contributed by atoms with E-state index in [0.29, 0.717) is 5.76 Å². The third kappa shape index (κ3) is 2.49. The van der Waals surface area contributed by atoms with Crippen molar-refractivity contribution >= 4 is 45.2 Å². The number of carbonyl (C=O) groups is 1. The average molecular weight is 363 g/mol. The Labute approximate surface area is 123 Å². The molecular formula is C15H10INO2. The summed E-state index contributed by atoms with van der Waals surface area (Å²) in [6.45, 7) is 0. The minimum atomic E-state index is -0.236. The number of benzene rings is 2. The summed E-state index contributed by atoms with van der Waals surface area (Å²) in [6, 6.07) is 16.9. The van der Waals surface area contributed by atoms with Crippen molar-refractivity contribution < 1.29 is 9.21 Å². The first-order valence-electron chi connectivity index (χ1n) is 5.78. The summed E-state index contributed by atoms with van der Waals surface area (Å²) < 4.78 is 6.52. The van der Waals surface area contributed by atoms with Crippen molar-refractivity contribution in [1.29, 1.82) is 0 Å². The second-order valence-corrected chi connectivity index (χ2v) is 5.24. The molecule has 2 aromatic carbocycles. The number of anilines is 1. The Morgan fingerprint density at radius 2 is 1.79 bits per heavy atom. The van der Waals surface area contributed by atoms with Crippen LogP contribution < -0.4 is 5.32 Å². The molecule has 0 aliphatic carbocycles. The van der Waals surface area contributed by atoms with Gasteiger partial charge in [0.25, 0.3) is 5.91 Å². The quantitative estimate of drug-likeness (QED) is 0.691. The fraction of sp³-hybridized carbons (Fsp3) is 0. The van der Waals surface area contributed by atoms with Crippen LogP contribution in [0.25, 0.3) is 11.0 Å². The number of rotatable bonds is 2. The Hall–Kier alpha value is -1.82. The predicted octanol–water partition coefficient (Wildman–Crippen LogP) is 4.29. The Bertz CT molecular complexity index is 715. The lowest BCUT2D eigenvalue weighted by atomic mass is 10.2. The van der Waals surface area contributed by atoms with Crippen molar-refractivity contribution in [2.24, 2.45) is 0 Å². The van der Waals surface area contributed by atoms with E-state index in [9.17, 15) is 4.79 Å². The minimum Gasteiger partial charge on any atom is -0.451 e. The topological polar surface area (TPSA) is 42.2 Å². The zero-order valence-corrected chi connectivity index (χ0v) is 12.0. The molecule has 19 heavy (non-hydrogen) atoms. The maximum absolute atomic E-state index is 12.1. The molecule has 1 aromatic heterocycles. The van der Waals surface area contributed by atoms with Gasteiger partial charge < -0.3 is 9.73 Å². The van der Waals surface area contributed by atoms with E-state index in [2.05, 4.69) is 27.9 Å². The molecule has 94 valence electrons. The highest BCUT2D eigenvalue weighted by atomic mass is 127. The lowest BCUT2D eigenvalue weighted by Crippen LogP contribution is -2.11. The molecule has 4 heteroatoms. The zero-order chi connectivity index (χ0) is 13.2. The standard InChI is InChI=1S/C15H10INO2/c16-11-6-2-3-7-12(11)17-15(18)14-9-10-5-1-4-8-13(10)19-14/h1-9H,(H,17,18). The van der Waals surface area contributed by atoms with Crippen LogP contribution in [0.2, 0.25) is 0 Å². The van der Waals surface area contributed by atoms with E-state index in [1.807, 2.05) is 48.5 Å². The summed E-state index contributed by atoms with van der Waals surface area (Å²) in [5.74, 6) is 0.0844. The van der Waals surface area contributed by atoms with Crippen molar-refractivity contribution in [3.8, 4) is 0 Å². The Kier molecular flexibility index (Phi) is 3.25. The summed E-state index contributed by atoms with van der Waals surface area (Å²) in [6.07, 6.45) is 0. The number of amides is 1. The van der Waals surface area contributed by atoms with E-state index in [1.54, 1.807) is 6.07 Å². The van der Waals surface area contributed by atoms with Crippen molar-refractivity contribution in [1.82, 2.24) is 0 Å². The number of furan rings is 1. The van der Waals surface area contributed by atoms with E-state index in [-0.39, 0.29) is 5.91 Å². The fourth-order valence-electron chi connectivity index (χ4n) is 1.84. The predicted molar refractivity (Wildman–Crippen MR) is 83.3 cm³/mol. The number of fused-ring (bicyclic) bond motifs is 1. The number of halogens is 1. The highest BCUT2D eigenvalue weighted by Gasteiger charge is 2.13. The molecule has 3 aromatic rings. The maximum atomic E-state index is 12.1. The van der Waals surface area contributed by atoms with Crippen LogP contribution >= 0.6 is 22.6 Å². The van der Waals surface area contributed by atoms with Crippen LogP contribution in [0.3, 0.4) is 0 Å². The highest BCUT2D eigenvalue weighted by molar-refractivity contribution is 14.1. The van der Waals surface area contributed by atoms with Crippen molar-refractivity contribution in [2.45, 2.75) is 0 Å². The molecule has 0 saturated heterocycles. The third-order valence-corrected chi connectivity index (χ3v) is 3.71. The fourth-order valence-corrected chi connectivity index (χ4v) is 2.36. The first-order chi connectivity index (χ1) is 9.24. The SMILES string of the molecule is O=C(Nc1ccccc1I)c1cc2ccccc2o1. The largest absolute Gasteiger partial charge is 0.451 e. The second-order valence-electron chi connectivity index (χ2n) is 4.08. The molecule has 0 fully saturated rings. The van der Waals surface area contributed by atoms with Crippen molar-refractivity contribution in [3.63, 3.8) is 0 Å². The van der Waals surface area contributed by atoms with Crippen LogP contribution in [0.15, 0.2) is 59.0 Å². The van der Waals surface area contributed by atoms with Gasteiger partial charge in [0.2, 0.25) is 0 Å². The molecule has 1 heterocycles. The van der Waals surface area contributed by atoms with Crippen molar-refractivity contribution in [2.75, 3.05) is 5.32 Å². The summed E-state index contributed by atoms with van der Waals surface area (Å²) in [4.78, 5) is 12.1. The van der Waals surface area contributed by atoms with Gasteiger partial charge in [0, 0.05) is 8.96 Å². The number of hydrogen-bond acceptors (Lipinski definition) is 2. The normalized spacial score (nSPS) is 10.6. The first-order valence-corrected chi connectivity index (χ1v) is 6.86. The Morgan fingerprint density at radius 3 is 2.58 bits per heavy atom. The molecule has 0 aliphatic heterocycles. The molecule has 0 unspecified atom stereocenters. The molecular weight excluding hydrogens is 353 g/mol.